The third-order valence-electron chi connectivity index (χ3n) is 3.84. The molecule has 0 saturated heterocycles. The summed E-state index contributed by atoms with van der Waals surface area (Å²) in [6, 6.07) is 16.8. The fraction of sp³-hybridized carbons (Fsp3) is 0.100. The normalized spacial score (nSPS) is 10.0. The summed E-state index contributed by atoms with van der Waals surface area (Å²) in [6.45, 7) is 2.08. The van der Waals surface area contributed by atoms with Gasteiger partial charge in [0.1, 0.15) is 17.6 Å². The van der Waals surface area contributed by atoms with E-state index in [1.807, 2.05) is 30.3 Å². The van der Waals surface area contributed by atoms with Gasteiger partial charge in [-0.25, -0.2) is 9.97 Å². The third kappa shape index (κ3) is 3.84. The number of hydrogen-bond acceptors (Lipinski definition) is 5. The van der Waals surface area contributed by atoms with Crippen molar-refractivity contribution in [3.63, 3.8) is 0 Å². The molecular weight excluding hydrogens is 326 g/mol. The highest BCUT2D eigenvalue weighted by atomic mass is 16.1. The molecule has 0 aliphatic rings. The van der Waals surface area contributed by atoms with Crippen LogP contribution < -0.4 is 10.6 Å². The Bertz CT molecular complexity index is 960. The minimum atomic E-state index is -0.416. The van der Waals surface area contributed by atoms with Gasteiger partial charge in [0.25, 0.3) is 5.91 Å². The van der Waals surface area contributed by atoms with Crippen molar-refractivity contribution in [3.8, 4) is 6.07 Å². The third-order valence-corrected chi connectivity index (χ3v) is 3.84. The Balaban J connectivity index is 1.73. The molecule has 0 aliphatic heterocycles. The van der Waals surface area contributed by atoms with Gasteiger partial charge in [-0.3, -0.25) is 4.79 Å². The van der Waals surface area contributed by atoms with Crippen molar-refractivity contribution in [2.45, 2.75) is 13.3 Å². The summed E-state index contributed by atoms with van der Waals surface area (Å²) in [5.74, 6) is 0.139. The minimum absolute atomic E-state index is 0.173. The maximum absolute atomic E-state index is 12.3. The number of nitriles is 1. The predicted molar refractivity (Wildman–Crippen MR) is 100 cm³/mol. The number of rotatable bonds is 5. The van der Waals surface area contributed by atoms with Crippen LogP contribution in [0.2, 0.25) is 0 Å². The molecule has 0 fully saturated rings. The quantitative estimate of drug-likeness (QED) is 0.733. The van der Waals surface area contributed by atoms with E-state index in [1.54, 1.807) is 24.3 Å². The minimum Gasteiger partial charge on any atom is -0.339 e. The van der Waals surface area contributed by atoms with Crippen LogP contribution in [-0.2, 0) is 6.42 Å². The number of para-hydroxylation sites is 2. The van der Waals surface area contributed by atoms with Crippen molar-refractivity contribution in [2.75, 3.05) is 10.6 Å². The first kappa shape index (κ1) is 17.1. The Labute approximate surface area is 151 Å². The smallest absolute Gasteiger partial charge is 0.275 e. The molecule has 0 bridgehead atoms. The number of carbonyl (C=O) groups excluding carboxylic acids is 1. The molecule has 128 valence electrons. The van der Waals surface area contributed by atoms with Crippen LogP contribution in [0.3, 0.4) is 0 Å². The summed E-state index contributed by atoms with van der Waals surface area (Å²) >= 11 is 0. The van der Waals surface area contributed by atoms with Gasteiger partial charge in [-0.15, -0.1) is 0 Å². The molecule has 0 atom stereocenters. The Morgan fingerprint density at radius 2 is 1.77 bits per heavy atom. The first-order valence-corrected chi connectivity index (χ1v) is 8.18. The summed E-state index contributed by atoms with van der Waals surface area (Å²) in [5, 5.41) is 15.0. The van der Waals surface area contributed by atoms with Crippen LogP contribution in [-0.4, -0.2) is 15.9 Å². The maximum Gasteiger partial charge on any atom is 0.275 e. The van der Waals surface area contributed by atoms with Crippen molar-refractivity contribution in [1.82, 2.24) is 9.97 Å². The second-order valence-electron chi connectivity index (χ2n) is 5.53. The van der Waals surface area contributed by atoms with Crippen LogP contribution in [0.5, 0.6) is 0 Å². The summed E-state index contributed by atoms with van der Waals surface area (Å²) in [6.07, 6.45) is 3.81. The van der Waals surface area contributed by atoms with Gasteiger partial charge in [-0.05, 0) is 30.2 Å². The molecule has 1 amide bonds. The summed E-state index contributed by atoms with van der Waals surface area (Å²) in [5.41, 5.74) is 3.14. The monoisotopic (exact) mass is 343 g/mol. The number of carbonyl (C=O) groups is 1. The highest BCUT2D eigenvalue weighted by molar-refractivity contribution is 6.03. The predicted octanol–water partition coefficient (Wildman–Crippen LogP) is 3.91. The van der Waals surface area contributed by atoms with Crippen LogP contribution >= 0.6 is 0 Å². The number of nitrogens with one attached hydrogen (secondary N) is 2. The average Bonchev–Trinajstić information content (AvgIpc) is 2.69. The average molecular weight is 343 g/mol. The molecule has 0 aliphatic carbocycles. The van der Waals surface area contributed by atoms with E-state index in [1.165, 1.54) is 18.0 Å². The number of aromatic nitrogens is 2. The van der Waals surface area contributed by atoms with Crippen LogP contribution in [0, 0.1) is 11.3 Å². The lowest BCUT2D eigenvalue weighted by atomic mass is 10.1. The van der Waals surface area contributed by atoms with Gasteiger partial charge in [-0.2, -0.15) is 5.26 Å². The van der Waals surface area contributed by atoms with Crippen molar-refractivity contribution in [1.29, 1.82) is 5.26 Å². The number of benzene rings is 2. The topological polar surface area (TPSA) is 90.7 Å². The van der Waals surface area contributed by atoms with E-state index in [4.69, 9.17) is 5.26 Å². The van der Waals surface area contributed by atoms with Gasteiger partial charge in [-0.1, -0.05) is 37.3 Å². The van der Waals surface area contributed by atoms with Crippen LogP contribution in [0.4, 0.5) is 17.2 Å². The number of amides is 1. The molecule has 1 heterocycles. The van der Waals surface area contributed by atoms with E-state index in [9.17, 15) is 4.79 Å². The molecule has 3 rings (SSSR count). The van der Waals surface area contributed by atoms with Crippen molar-refractivity contribution >= 4 is 23.1 Å². The Hall–Kier alpha value is -3.72. The maximum atomic E-state index is 12.3. The van der Waals surface area contributed by atoms with Gasteiger partial charge in [0.2, 0.25) is 0 Å². The highest BCUT2D eigenvalue weighted by Crippen LogP contribution is 2.20. The molecule has 0 saturated carbocycles. The SMILES string of the molecule is CCc1ccccc1Nc1cnc(C(=O)Nc2ccccc2C#N)cn1. The van der Waals surface area contributed by atoms with E-state index < -0.39 is 5.91 Å². The van der Waals surface area contributed by atoms with E-state index in [-0.39, 0.29) is 5.69 Å². The zero-order valence-corrected chi connectivity index (χ0v) is 14.2. The van der Waals surface area contributed by atoms with Gasteiger partial charge >= 0.3 is 0 Å². The lowest BCUT2D eigenvalue weighted by Gasteiger charge is -2.10. The van der Waals surface area contributed by atoms with Crippen LogP contribution in [0.1, 0.15) is 28.5 Å². The zero-order valence-electron chi connectivity index (χ0n) is 14.2. The van der Waals surface area contributed by atoms with Crippen LogP contribution in [0.15, 0.2) is 60.9 Å². The Morgan fingerprint density at radius 1 is 1.04 bits per heavy atom. The van der Waals surface area contributed by atoms with Gasteiger partial charge in [0, 0.05) is 5.69 Å². The molecule has 0 spiro atoms. The van der Waals surface area contributed by atoms with Crippen LogP contribution in [0.25, 0.3) is 0 Å². The first-order chi connectivity index (χ1) is 12.7. The van der Waals surface area contributed by atoms with E-state index >= 15 is 0 Å². The molecule has 3 aromatic rings. The lowest BCUT2D eigenvalue weighted by molar-refractivity contribution is 0.102. The van der Waals surface area contributed by atoms with Gasteiger partial charge in [0.05, 0.1) is 23.6 Å². The second-order valence-corrected chi connectivity index (χ2v) is 5.53. The number of nitrogens with zero attached hydrogens (tertiary/aromatic N) is 3. The molecule has 1 aromatic heterocycles. The standard InChI is InChI=1S/C20H17N5O/c1-2-14-7-3-5-9-16(14)24-19-13-22-18(12-23-19)20(26)25-17-10-6-4-8-15(17)11-21/h3-10,12-13H,2H2,1H3,(H,23,24)(H,25,26). The lowest BCUT2D eigenvalue weighted by Crippen LogP contribution is -2.15. The van der Waals surface area contributed by atoms with Crippen molar-refractivity contribution < 1.29 is 4.79 Å². The summed E-state index contributed by atoms with van der Waals surface area (Å²) < 4.78 is 0. The molecule has 26 heavy (non-hydrogen) atoms. The molecule has 2 aromatic carbocycles. The van der Waals surface area contributed by atoms with Crippen molar-refractivity contribution in [3.05, 3.63) is 77.7 Å². The number of anilines is 3. The molecule has 6 nitrogen and oxygen atoms in total. The largest absolute Gasteiger partial charge is 0.339 e. The van der Waals surface area contributed by atoms with Crippen molar-refractivity contribution in [2.24, 2.45) is 0 Å². The Morgan fingerprint density at radius 3 is 2.46 bits per heavy atom. The zero-order chi connectivity index (χ0) is 18.4. The second kappa shape index (κ2) is 7.90. The number of aryl methyl sites for hydroxylation is 1. The summed E-state index contributed by atoms with van der Waals surface area (Å²) in [7, 11) is 0. The fourth-order valence-electron chi connectivity index (χ4n) is 2.47. The number of hydrogen-bond donors (Lipinski definition) is 2. The first-order valence-electron chi connectivity index (χ1n) is 8.18. The molecule has 6 heteroatoms. The van der Waals surface area contributed by atoms with Gasteiger partial charge in [0.15, 0.2) is 0 Å². The van der Waals surface area contributed by atoms with E-state index in [0.717, 1.165) is 12.1 Å². The molecular formula is C20H17N5O. The molecule has 0 unspecified atom stereocenters. The molecule has 2 N–H and O–H groups in total. The fourth-order valence-corrected chi connectivity index (χ4v) is 2.47. The van der Waals surface area contributed by atoms with E-state index in [2.05, 4.69) is 27.5 Å². The van der Waals surface area contributed by atoms with E-state index in [0.29, 0.717) is 17.1 Å². The Kier molecular flexibility index (Phi) is 5.20. The summed E-state index contributed by atoms with van der Waals surface area (Å²) in [4.78, 5) is 20.7. The molecule has 0 radical (unpaired) electrons. The highest BCUT2D eigenvalue weighted by Gasteiger charge is 2.11. The van der Waals surface area contributed by atoms with Gasteiger partial charge < -0.3 is 10.6 Å².